The molecule has 37 heavy (non-hydrogen) atoms. The summed E-state index contributed by atoms with van der Waals surface area (Å²) in [5.74, 6) is 0.443. The van der Waals surface area contributed by atoms with Crippen molar-refractivity contribution in [1.29, 1.82) is 0 Å². The molecule has 0 bridgehead atoms. The number of aromatic nitrogens is 2. The first-order valence-corrected chi connectivity index (χ1v) is 12.8. The number of nitrogens with one attached hydrogen (secondary N) is 1. The number of benzene rings is 2. The fourth-order valence-corrected chi connectivity index (χ4v) is 5.18. The van der Waals surface area contributed by atoms with Crippen molar-refractivity contribution in [3.8, 4) is 16.9 Å². The molecule has 9 nitrogen and oxygen atoms in total. The molecular formula is C27H31ClN6O3. The maximum absolute atomic E-state index is 12.1. The molecule has 2 saturated heterocycles. The zero-order chi connectivity index (χ0) is 25.8. The summed E-state index contributed by atoms with van der Waals surface area (Å²) >= 11 is 6.14. The summed E-state index contributed by atoms with van der Waals surface area (Å²) < 4.78 is 10.8. The number of hydrogen-bond acceptors (Lipinski definition) is 8. The van der Waals surface area contributed by atoms with Crippen LogP contribution in [0.4, 0.5) is 17.3 Å². The highest BCUT2D eigenvalue weighted by Gasteiger charge is 2.26. The number of hydrogen-bond donors (Lipinski definition) is 2. The second-order valence-corrected chi connectivity index (χ2v) is 9.64. The minimum atomic E-state index is -0.509. The zero-order valence-electron chi connectivity index (χ0n) is 20.8. The number of carbonyl (C=O) groups excluding carboxylic acids is 1. The van der Waals surface area contributed by atoms with E-state index in [-0.39, 0.29) is 0 Å². The molecule has 1 aromatic heterocycles. The van der Waals surface area contributed by atoms with Gasteiger partial charge in [0.1, 0.15) is 5.75 Å². The third kappa shape index (κ3) is 5.79. The number of primary amides is 1. The summed E-state index contributed by atoms with van der Waals surface area (Å²) in [4.78, 5) is 25.9. The molecule has 3 heterocycles. The third-order valence-corrected chi connectivity index (χ3v) is 7.36. The summed E-state index contributed by atoms with van der Waals surface area (Å²) in [6.07, 6.45) is 5.62. The highest BCUT2D eigenvalue weighted by atomic mass is 35.5. The molecule has 0 saturated carbocycles. The van der Waals surface area contributed by atoms with Crippen LogP contribution in [-0.2, 0) is 4.74 Å². The van der Waals surface area contributed by atoms with E-state index in [0.29, 0.717) is 34.0 Å². The van der Waals surface area contributed by atoms with E-state index >= 15 is 0 Å². The molecule has 2 aliphatic heterocycles. The van der Waals surface area contributed by atoms with Gasteiger partial charge in [0.15, 0.2) is 0 Å². The van der Waals surface area contributed by atoms with E-state index in [1.54, 1.807) is 31.6 Å². The van der Waals surface area contributed by atoms with Gasteiger partial charge < -0.3 is 25.4 Å². The van der Waals surface area contributed by atoms with Crippen LogP contribution in [0.3, 0.4) is 0 Å². The average Bonchev–Trinajstić information content (AvgIpc) is 2.94. The van der Waals surface area contributed by atoms with Crippen LogP contribution in [0.25, 0.3) is 11.1 Å². The fourth-order valence-electron chi connectivity index (χ4n) is 4.98. The molecule has 0 atom stereocenters. The van der Waals surface area contributed by atoms with Crippen molar-refractivity contribution < 1.29 is 14.3 Å². The number of morpholine rings is 1. The Morgan fingerprint density at radius 1 is 1.05 bits per heavy atom. The van der Waals surface area contributed by atoms with Crippen LogP contribution in [0.5, 0.6) is 5.75 Å². The van der Waals surface area contributed by atoms with E-state index in [0.717, 1.165) is 69.0 Å². The number of ether oxygens (including phenoxy) is 2. The smallest absolute Gasteiger partial charge is 0.250 e. The normalized spacial score (nSPS) is 17.0. The van der Waals surface area contributed by atoms with Crippen molar-refractivity contribution in [2.75, 3.05) is 56.7 Å². The van der Waals surface area contributed by atoms with Gasteiger partial charge in [0.2, 0.25) is 5.95 Å². The molecule has 2 aliphatic rings. The summed E-state index contributed by atoms with van der Waals surface area (Å²) in [6, 6.07) is 11.8. The number of carbonyl (C=O) groups is 1. The van der Waals surface area contributed by atoms with Gasteiger partial charge in [0, 0.05) is 55.9 Å². The van der Waals surface area contributed by atoms with Crippen LogP contribution >= 0.6 is 11.6 Å². The van der Waals surface area contributed by atoms with Crippen molar-refractivity contribution in [3.05, 3.63) is 59.4 Å². The predicted octanol–water partition coefficient (Wildman–Crippen LogP) is 3.95. The molecule has 3 aromatic rings. The molecule has 1 amide bonds. The number of rotatable bonds is 7. The highest BCUT2D eigenvalue weighted by Crippen LogP contribution is 2.31. The van der Waals surface area contributed by atoms with Gasteiger partial charge in [-0.2, -0.15) is 0 Å². The second kappa shape index (κ2) is 11.3. The van der Waals surface area contributed by atoms with Gasteiger partial charge in [-0.3, -0.25) is 9.69 Å². The summed E-state index contributed by atoms with van der Waals surface area (Å²) in [5, 5.41) is 3.72. The minimum absolute atomic E-state index is 0.371. The van der Waals surface area contributed by atoms with Crippen LogP contribution in [0.2, 0.25) is 5.02 Å². The number of methoxy groups -OCH3 is 1. The fraction of sp³-hybridized carbons (Fsp3) is 0.370. The van der Waals surface area contributed by atoms with E-state index in [1.807, 2.05) is 24.3 Å². The van der Waals surface area contributed by atoms with Crippen molar-refractivity contribution in [2.45, 2.75) is 18.9 Å². The van der Waals surface area contributed by atoms with Gasteiger partial charge in [0.25, 0.3) is 5.91 Å². The number of amides is 1. The third-order valence-electron chi connectivity index (χ3n) is 7.04. The Morgan fingerprint density at radius 3 is 2.46 bits per heavy atom. The number of anilines is 3. The first-order chi connectivity index (χ1) is 18.0. The number of nitrogens with two attached hydrogens (primary N) is 1. The number of halogens is 1. The molecule has 0 spiro atoms. The minimum Gasteiger partial charge on any atom is -0.495 e. The maximum Gasteiger partial charge on any atom is 0.250 e. The van der Waals surface area contributed by atoms with E-state index in [1.165, 1.54) is 0 Å². The largest absolute Gasteiger partial charge is 0.495 e. The van der Waals surface area contributed by atoms with Gasteiger partial charge in [-0.05, 0) is 48.7 Å². The lowest BCUT2D eigenvalue weighted by atomic mass is 10.0. The first-order valence-electron chi connectivity index (χ1n) is 12.5. The molecular weight excluding hydrogens is 492 g/mol. The Morgan fingerprint density at radius 2 is 1.78 bits per heavy atom. The lowest BCUT2D eigenvalue weighted by Gasteiger charge is -2.41. The van der Waals surface area contributed by atoms with Gasteiger partial charge in [0.05, 0.1) is 36.6 Å². The predicted molar refractivity (Wildman–Crippen MR) is 145 cm³/mol. The Kier molecular flexibility index (Phi) is 7.73. The Hall–Kier alpha value is -3.40. The molecule has 3 N–H and O–H groups in total. The monoisotopic (exact) mass is 522 g/mol. The standard InChI is InChI=1S/C27H31ClN6O3/c1-36-25-14-18(2-5-23(25)28)19-16-30-27(31-17-19)32-24-15-21(3-4-22(24)26(29)35)33-8-6-20(7-9-33)34-10-12-37-13-11-34/h2-5,14-17,20H,6-13H2,1H3,(H2,29,35)(H,30,31,32). The van der Waals surface area contributed by atoms with Crippen molar-refractivity contribution in [1.82, 2.24) is 14.9 Å². The van der Waals surface area contributed by atoms with Crippen LogP contribution < -0.4 is 20.7 Å². The Bertz CT molecular complexity index is 1240. The first kappa shape index (κ1) is 25.3. The summed E-state index contributed by atoms with van der Waals surface area (Å²) in [6.45, 7) is 5.56. The van der Waals surface area contributed by atoms with Crippen LogP contribution in [0.15, 0.2) is 48.8 Å². The van der Waals surface area contributed by atoms with Crippen LogP contribution in [0.1, 0.15) is 23.2 Å². The van der Waals surface area contributed by atoms with Crippen molar-refractivity contribution in [3.63, 3.8) is 0 Å². The molecule has 2 fully saturated rings. The topological polar surface area (TPSA) is 106 Å². The lowest BCUT2D eigenvalue weighted by molar-refractivity contribution is 0.0115. The molecule has 0 unspecified atom stereocenters. The zero-order valence-corrected chi connectivity index (χ0v) is 21.6. The molecule has 194 valence electrons. The van der Waals surface area contributed by atoms with Crippen LogP contribution in [0, 0.1) is 0 Å². The van der Waals surface area contributed by atoms with E-state index in [2.05, 4.69) is 25.1 Å². The second-order valence-electron chi connectivity index (χ2n) is 9.23. The van der Waals surface area contributed by atoms with Crippen molar-refractivity contribution in [2.24, 2.45) is 5.73 Å². The highest BCUT2D eigenvalue weighted by molar-refractivity contribution is 6.32. The molecule has 2 aromatic carbocycles. The molecule has 10 heteroatoms. The Balaban J connectivity index is 1.30. The van der Waals surface area contributed by atoms with Crippen LogP contribution in [-0.4, -0.2) is 73.3 Å². The molecule has 5 rings (SSSR count). The van der Waals surface area contributed by atoms with Gasteiger partial charge in [-0.15, -0.1) is 0 Å². The summed E-state index contributed by atoms with van der Waals surface area (Å²) in [5.41, 5.74) is 9.38. The summed E-state index contributed by atoms with van der Waals surface area (Å²) in [7, 11) is 1.57. The molecule has 0 aliphatic carbocycles. The number of piperidine rings is 1. The Labute approximate surface area is 221 Å². The molecule has 0 radical (unpaired) electrons. The maximum atomic E-state index is 12.1. The van der Waals surface area contributed by atoms with E-state index in [4.69, 9.17) is 26.8 Å². The lowest BCUT2D eigenvalue weighted by Crippen LogP contribution is -2.49. The van der Waals surface area contributed by atoms with Gasteiger partial charge in [-0.1, -0.05) is 17.7 Å². The average molecular weight is 523 g/mol. The van der Waals surface area contributed by atoms with Crippen molar-refractivity contribution >= 4 is 34.8 Å². The van der Waals surface area contributed by atoms with E-state index < -0.39 is 5.91 Å². The quantitative estimate of drug-likeness (QED) is 0.480. The van der Waals surface area contributed by atoms with E-state index in [9.17, 15) is 4.79 Å². The van der Waals surface area contributed by atoms with Gasteiger partial charge >= 0.3 is 0 Å². The number of nitrogens with zero attached hydrogens (tertiary/aromatic N) is 4. The SMILES string of the molecule is COc1cc(-c2cnc(Nc3cc(N4CCC(N5CCOCC5)CC4)ccc3C(N)=O)nc2)ccc1Cl. The van der Waals surface area contributed by atoms with Gasteiger partial charge in [-0.25, -0.2) is 9.97 Å².